The van der Waals surface area contributed by atoms with Crippen molar-refractivity contribution in [3.8, 4) is 5.69 Å². The largest absolute Gasteiger partial charge is 0.477 e. The fourth-order valence-electron chi connectivity index (χ4n) is 4.43. The number of rotatable bonds is 3. The molecular weight excluding hydrogens is 475 g/mol. The van der Waals surface area contributed by atoms with Crippen LogP contribution in [0, 0.1) is 0 Å². The van der Waals surface area contributed by atoms with Gasteiger partial charge in [0.05, 0.1) is 27.5 Å². The Labute approximate surface area is 191 Å². The van der Waals surface area contributed by atoms with Gasteiger partial charge in [-0.3, -0.25) is 18.7 Å². The highest BCUT2D eigenvalue weighted by atomic mass is 32.1. The number of aromatic nitrogens is 3. The van der Waals surface area contributed by atoms with Crippen molar-refractivity contribution in [1.29, 1.82) is 0 Å². The molecule has 0 radical (unpaired) electrons. The van der Waals surface area contributed by atoms with Crippen LogP contribution in [0.1, 0.15) is 39.5 Å². The summed E-state index contributed by atoms with van der Waals surface area (Å²) in [4.78, 5) is 52.2. The zero-order chi connectivity index (χ0) is 24.4. The second-order valence-electron chi connectivity index (χ2n) is 7.80. The molecule has 2 heterocycles. The lowest BCUT2D eigenvalue weighted by Crippen LogP contribution is -2.43. The molecule has 8 nitrogen and oxygen atoms in total. The topological polar surface area (TPSA) is 114 Å². The summed E-state index contributed by atoms with van der Waals surface area (Å²) in [7, 11) is 0. The Bertz CT molecular complexity index is 1660. The number of alkyl halides is 3. The van der Waals surface area contributed by atoms with Gasteiger partial charge in [0.1, 0.15) is 5.56 Å². The zero-order valence-electron chi connectivity index (χ0n) is 17.0. The molecule has 0 saturated carbocycles. The molecule has 2 N–H and O–H groups in total. The van der Waals surface area contributed by atoms with Gasteiger partial charge in [-0.1, -0.05) is 23.5 Å². The summed E-state index contributed by atoms with van der Waals surface area (Å²) in [6, 6.07) is 6.98. The third-order valence-electron chi connectivity index (χ3n) is 5.89. The number of carboxylic acids is 1. The van der Waals surface area contributed by atoms with Crippen LogP contribution in [-0.4, -0.2) is 25.2 Å². The Kier molecular flexibility index (Phi) is 4.86. The minimum atomic E-state index is -4.61. The van der Waals surface area contributed by atoms with Gasteiger partial charge in [-0.25, -0.2) is 9.59 Å². The SMILES string of the molecule is O=C(O)c1cn(-c2ccc3[nH]c(=O)sc3c2)c(=O)n(C2CCc3c2cccc3C(F)(F)F)c1=O. The summed E-state index contributed by atoms with van der Waals surface area (Å²) < 4.78 is 42.6. The third-order valence-corrected chi connectivity index (χ3v) is 6.73. The van der Waals surface area contributed by atoms with E-state index in [0.717, 1.165) is 28.2 Å². The number of nitrogens with zero attached hydrogens (tertiary/aromatic N) is 2. The molecular formula is C22H14F3N3O5S. The Morgan fingerprint density at radius 1 is 1.15 bits per heavy atom. The quantitative estimate of drug-likeness (QED) is 0.459. The molecule has 2 aromatic heterocycles. The summed E-state index contributed by atoms with van der Waals surface area (Å²) in [5, 5.41) is 9.59. The van der Waals surface area contributed by atoms with E-state index in [4.69, 9.17) is 0 Å². The monoisotopic (exact) mass is 489 g/mol. The highest BCUT2D eigenvalue weighted by Gasteiger charge is 2.38. The van der Waals surface area contributed by atoms with Crippen LogP contribution in [-0.2, 0) is 12.6 Å². The van der Waals surface area contributed by atoms with Crippen LogP contribution < -0.4 is 16.1 Å². The molecule has 0 bridgehead atoms. The number of halogens is 3. The predicted octanol–water partition coefficient (Wildman–Crippen LogP) is 3.15. The van der Waals surface area contributed by atoms with E-state index < -0.39 is 40.6 Å². The molecule has 1 aliphatic rings. The highest BCUT2D eigenvalue weighted by molar-refractivity contribution is 7.16. The smallest absolute Gasteiger partial charge is 0.416 e. The molecule has 0 fully saturated rings. The van der Waals surface area contributed by atoms with E-state index in [-0.39, 0.29) is 34.5 Å². The molecule has 1 unspecified atom stereocenters. The number of hydrogen-bond acceptors (Lipinski definition) is 5. The Morgan fingerprint density at radius 2 is 1.91 bits per heavy atom. The van der Waals surface area contributed by atoms with Gasteiger partial charge in [0.15, 0.2) is 0 Å². The van der Waals surface area contributed by atoms with Crippen molar-refractivity contribution in [3.05, 3.63) is 95.4 Å². The average molecular weight is 489 g/mol. The number of benzene rings is 2. The summed E-state index contributed by atoms with van der Waals surface area (Å²) in [6.45, 7) is 0. The van der Waals surface area contributed by atoms with E-state index in [2.05, 4.69) is 4.98 Å². The van der Waals surface area contributed by atoms with Gasteiger partial charge in [-0.2, -0.15) is 13.2 Å². The Balaban J connectivity index is 1.76. The van der Waals surface area contributed by atoms with Gasteiger partial charge in [0.25, 0.3) is 5.56 Å². The molecule has 0 saturated heterocycles. The number of H-pyrrole nitrogens is 1. The van der Waals surface area contributed by atoms with Crippen molar-refractivity contribution in [2.24, 2.45) is 0 Å². The van der Waals surface area contributed by atoms with Crippen LogP contribution in [0.25, 0.3) is 15.9 Å². The summed E-state index contributed by atoms with van der Waals surface area (Å²) in [5.41, 5.74) is -2.69. The molecule has 0 spiro atoms. The molecule has 174 valence electrons. The number of fused-ring (bicyclic) bond motifs is 2. The Morgan fingerprint density at radius 3 is 2.62 bits per heavy atom. The van der Waals surface area contributed by atoms with Crippen molar-refractivity contribution in [3.63, 3.8) is 0 Å². The van der Waals surface area contributed by atoms with Crippen molar-refractivity contribution in [2.45, 2.75) is 25.1 Å². The number of carboxylic acid groups (broad SMARTS) is 1. The summed E-state index contributed by atoms with van der Waals surface area (Å²) in [6.07, 6.45) is -3.72. The predicted molar refractivity (Wildman–Crippen MR) is 117 cm³/mol. The van der Waals surface area contributed by atoms with Gasteiger partial charge >= 0.3 is 22.7 Å². The van der Waals surface area contributed by atoms with E-state index in [1.807, 2.05) is 0 Å². The second kappa shape index (κ2) is 7.55. The van der Waals surface area contributed by atoms with Gasteiger partial charge in [-0.15, -0.1) is 0 Å². The third kappa shape index (κ3) is 3.37. The molecule has 2 aromatic carbocycles. The second-order valence-corrected chi connectivity index (χ2v) is 8.81. The number of carbonyl (C=O) groups is 1. The van der Waals surface area contributed by atoms with Crippen molar-refractivity contribution >= 4 is 27.5 Å². The van der Waals surface area contributed by atoms with Crippen LogP contribution in [0.5, 0.6) is 0 Å². The summed E-state index contributed by atoms with van der Waals surface area (Å²) in [5.74, 6) is -1.58. The molecule has 1 aliphatic carbocycles. The van der Waals surface area contributed by atoms with Crippen molar-refractivity contribution < 1.29 is 23.1 Å². The van der Waals surface area contributed by atoms with Crippen molar-refractivity contribution in [2.75, 3.05) is 0 Å². The standard InChI is InChI=1S/C22H14F3N3O5S/c23-22(24,25)14-3-1-2-12-11(14)5-7-16(12)28-18(29)13(19(30)31)9-27(21(28)33)10-4-6-15-17(8-10)34-20(32)26-15/h1-4,6,8-9,16H,5,7H2,(H,26,32)(H,30,31). The van der Waals surface area contributed by atoms with Gasteiger partial charge < -0.3 is 10.1 Å². The highest BCUT2D eigenvalue weighted by Crippen LogP contribution is 2.41. The average Bonchev–Trinajstić information content (AvgIpc) is 3.35. The molecule has 0 aliphatic heterocycles. The number of aromatic amines is 1. The number of aromatic carboxylic acids is 1. The fourth-order valence-corrected chi connectivity index (χ4v) is 5.20. The van der Waals surface area contributed by atoms with Crippen LogP contribution in [0.3, 0.4) is 0 Å². The molecule has 0 amide bonds. The van der Waals surface area contributed by atoms with Crippen molar-refractivity contribution in [1.82, 2.24) is 14.1 Å². The van der Waals surface area contributed by atoms with Gasteiger partial charge in [-0.05, 0) is 48.2 Å². The number of nitrogens with one attached hydrogen (secondary N) is 1. The number of hydrogen-bond donors (Lipinski definition) is 2. The van der Waals surface area contributed by atoms with E-state index in [9.17, 15) is 37.5 Å². The first-order valence-electron chi connectivity index (χ1n) is 10.00. The molecule has 1 atom stereocenters. The first-order valence-corrected chi connectivity index (χ1v) is 10.8. The van der Waals surface area contributed by atoms with Gasteiger partial charge in [0, 0.05) is 6.20 Å². The fraction of sp³-hybridized carbons (Fsp3) is 0.182. The Hall–Kier alpha value is -3.93. The first-order chi connectivity index (χ1) is 16.1. The van der Waals surface area contributed by atoms with Gasteiger partial charge in [0.2, 0.25) is 0 Å². The lowest BCUT2D eigenvalue weighted by Gasteiger charge is -2.18. The van der Waals surface area contributed by atoms with E-state index in [1.54, 1.807) is 0 Å². The minimum absolute atomic E-state index is 0.0166. The normalized spacial score (nSPS) is 15.6. The number of thiazole rings is 1. The molecule has 12 heteroatoms. The van der Waals surface area contributed by atoms with E-state index in [0.29, 0.717) is 14.8 Å². The zero-order valence-corrected chi connectivity index (χ0v) is 17.9. The maximum Gasteiger partial charge on any atom is 0.416 e. The molecule has 4 aromatic rings. The van der Waals surface area contributed by atoms with E-state index >= 15 is 0 Å². The molecule has 34 heavy (non-hydrogen) atoms. The van der Waals surface area contributed by atoms with Crippen LogP contribution in [0.15, 0.2) is 57.0 Å². The maximum absolute atomic E-state index is 13.5. The molecule has 5 rings (SSSR count). The van der Waals surface area contributed by atoms with Crippen LogP contribution >= 0.6 is 11.3 Å². The summed E-state index contributed by atoms with van der Waals surface area (Å²) >= 11 is 0.887. The van der Waals surface area contributed by atoms with Crippen LogP contribution in [0.4, 0.5) is 13.2 Å². The lowest BCUT2D eigenvalue weighted by molar-refractivity contribution is -0.138. The maximum atomic E-state index is 13.5. The first kappa shape index (κ1) is 21.9. The van der Waals surface area contributed by atoms with E-state index in [1.165, 1.54) is 30.3 Å². The minimum Gasteiger partial charge on any atom is -0.477 e. The lowest BCUT2D eigenvalue weighted by atomic mass is 10.0. The van der Waals surface area contributed by atoms with Crippen LogP contribution in [0.2, 0.25) is 0 Å².